The van der Waals surface area contributed by atoms with Gasteiger partial charge in [-0.15, -0.1) is 6.58 Å². The monoisotopic (exact) mass is 478 g/mol. The highest BCUT2D eigenvalue weighted by atomic mass is 32.2. The van der Waals surface area contributed by atoms with Gasteiger partial charge in [0, 0.05) is 24.2 Å². The van der Waals surface area contributed by atoms with Gasteiger partial charge in [0.2, 0.25) is 0 Å². The molecule has 3 aliphatic heterocycles. The zero-order valence-electron chi connectivity index (χ0n) is 19.6. The Balaban J connectivity index is 1.61. The molecule has 2 aromatic carbocycles. The summed E-state index contributed by atoms with van der Waals surface area (Å²) in [5.74, 6) is 1.59. The zero-order chi connectivity index (χ0) is 23.9. The van der Waals surface area contributed by atoms with Gasteiger partial charge in [0.1, 0.15) is 11.9 Å². The molecule has 3 aromatic rings. The molecule has 3 saturated heterocycles. The number of fused-ring (bicyclic) bond motifs is 4. The fourth-order valence-corrected chi connectivity index (χ4v) is 6.52. The molecule has 2 bridgehead atoms. The van der Waals surface area contributed by atoms with E-state index in [0.29, 0.717) is 17.6 Å². The molecular weight excluding hydrogens is 448 g/mol. The highest BCUT2D eigenvalue weighted by Crippen LogP contribution is 2.44. The van der Waals surface area contributed by atoms with Crippen molar-refractivity contribution in [2.45, 2.75) is 36.8 Å². The molecule has 0 saturated carbocycles. The van der Waals surface area contributed by atoms with Gasteiger partial charge in [-0.25, -0.2) is 0 Å². The molecule has 34 heavy (non-hydrogen) atoms. The van der Waals surface area contributed by atoms with Crippen LogP contribution in [0.5, 0.6) is 5.75 Å². The molecule has 6 rings (SSSR count). The molecule has 5 atom stereocenters. The third kappa shape index (κ3) is 4.24. The predicted octanol–water partition coefficient (Wildman–Crippen LogP) is 4.89. The van der Waals surface area contributed by atoms with Crippen LogP contribution in [0, 0.1) is 18.8 Å². The van der Waals surface area contributed by atoms with Gasteiger partial charge in [-0.1, -0.05) is 23.8 Å². The number of hydrogen-bond donors (Lipinski definition) is 0. The Morgan fingerprint density at radius 1 is 1.18 bits per heavy atom. The quantitative estimate of drug-likeness (QED) is 0.356. The van der Waals surface area contributed by atoms with E-state index in [0.717, 1.165) is 48.0 Å². The van der Waals surface area contributed by atoms with Gasteiger partial charge in [0.05, 0.1) is 17.5 Å². The van der Waals surface area contributed by atoms with E-state index in [4.69, 9.17) is 8.92 Å². The predicted molar refractivity (Wildman–Crippen MR) is 132 cm³/mol. The molecule has 7 heteroatoms. The second-order valence-corrected chi connectivity index (χ2v) is 10.9. The summed E-state index contributed by atoms with van der Waals surface area (Å²) in [5, 5.41) is 0.842. The van der Waals surface area contributed by atoms with Crippen LogP contribution in [0.25, 0.3) is 10.9 Å². The first-order valence-electron chi connectivity index (χ1n) is 11.7. The first kappa shape index (κ1) is 23.0. The van der Waals surface area contributed by atoms with Crippen molar-refractivity contribution in [2.75, 3.05) is 20.2 Å². The second kappa shape index (κ2) is 9.13. The smallest absolute Gasteiger partial charge is 0.297 e. The lowest BCUT2D eigenvalue weighted by atomic mass is 9.73. The average molecular weight is 479 g/mol. The third-order valence-corrected chi connectivity index (χ3v) is 8.64. The minimum Gasteiger partial charge on any atom is -0.497 e. The van der Waals surface area contributed by atoms with Crippen molar-refractivity contribution in [3.05, 3.63) is 78.5 Å². The van der Waals surface area contributed by atoms with Crippen LogP contribution in [-0.2, 0) is 14.3 Å². The van der Waals surface area contributed by atoms with Crippen LogP contribution in [0.15, 0.2) is 72.3 Å². The summed E-state index contributed by atoms with van der Waals surface area (Å²) < 4.78 is 38.5. The molecule has 0 amide bonds. The number of aryl methyl sites for hydroxylation is 1. The lowest BCUT2D eigenvalue weighted by Gasteiger charge is -2.51. The van der Waals surface area contributed by atoms with E-state index in [2.05, 4.69) is 16.5 Å². The van der Waals surface area contributed by atoms with E-state index in [9.17, 15) is 8.42 Å². The van der Waals surface area contributed by atoms with Crippen LogP contribution in [0.1, 0.15) is 30.1 Å². The van der Waals surface area contributed by atoms with Gasteiger partial charge in [-0.05, 0) is 80.1 Å². The van der Waals surface area contributed by atoms with Gasteiger partial charge in [-0.3, -0.25) is 14.1 Å². The number of benzene rings is 2. The lowest BCUT2D eigenvalue weighted by Crippen LogP contribution is -2.55. The number of rotatable bonds is 7. The van der Waals surface area contributed by atoms with Gasteiger partial charge in [0.15, 0.2) is 0 Å². The van der Waals surface area contributed by atoms with E-state index >= 15 is 0 Å². The summed E-state index contributed by atoms with van der Waals surface area (Å²) >= 11 is 0. The number of ether oxygens (including phenoxy) is 1. The summed E-state index contributed by atoms with van der Waals surface area (Å²) in [6.07, 6.45) is 5.05. The normalized spacial score (nSPS) is 25.2. The summed E-state index contributed by atoms with van der Waals surface area (Å²) in [5.41, 5.74) is 2.58. The van der Waals surface area contributed by atoms with Crippen molar-refractivity contribution >= 4 is 21.0 Å². The Kier molecular flexibility index (Phi) is 6.18. The van der Waals surface area contributed by atoms with Gasteiger partial charge >= 0.3 is 0 Å². The summed E-state index contributed by atoms with van der Waals surface area (Å²) in [7, 11) is -2.37. The SMILES string of the molecule is C=C[C@H]1CN2CC[C@H]1C[C@H]2[C@H](OS(=O)(=O)c1ccc(C)cc1)c1ccnc2ccc(OC)cc12. The van der Waals surface area contributed by atoms with Crippen molar-refractivity contribution in [2.24, 2.45) is 11.8 Å². The number of nitrogens with zero attached hydrogens (tertiary/aromatic N) is 2. The topological polar surface area (TPSA) is 68.7 Å². The summed E-state index contributed by atoms with van der Waals surface area (Å²) in [6.45, 7) is 7.75. The van der Waals surface area contributed by atoms with Crippen LogP contribution < -0.4 is 4.74 Å². The molecule has 1 aromatic heterocycles. The standard InChI is InChI=1S/C27H30N2O4S/c1-4-19-17-29-14-12-20(19)15-26(29)27(33-34(30,31)22-8-5-18(2)6-9-22)23-11-13-28-25-10-7-21(32-3)16-24(23)25/h4-11,13,16,19-20,26-27H,1,12,14-15,17H2,2-3H3/t19-,20-,26-,27+/m0/s1. The molecule has 4 heterocycles. The van der Waals surface area contributed by atoms with Crippen molar-refractivity contribution in [1.82, 2.24) is 9.88 Å². The Labute approximate surface area is 201 Å². The molecule has 0 radical (unpaired) electrons. The van der Waals surface area contributed by atoms with Gasteiger partial charge in [0.25, 0.3) is 10.1 Å². The van der Waals surface area contributed by atoms with Gasteiger partial charge in [-0.2, -0.15) is 8.42 Å². The minimum absolute atomic E-state index is 0.0630. The molecule has 0 N–H and O–H groups in total. The maximum atomic E-state index is 13.5. The highest BCUT2D eigenvalue weighted by Gasteiger charge is 2.44. The molecule has 1 unspecified atom stereocenters. The van der Waals surface area contributed by atoms with E-state index in [-0.39, 0.29) is 10.9 Å². The van der Waals surface area contributed by atoms with Crippen LogP contribution in [-0.4, -0.2) is 44.5 Å². The van der Waals surface area contributed by atoms with E-state index in [1.54, 1.807) is 37.6 Å². The Morgan fingerprint density at radius 2 is 1.97 bits per heavy atom. The van der Waals surface area contributed by atoms with Crippen molar-refractivity contribution in [1.29, 1.82) is 0 Å². The van der Waals surface area contributed by atoms with Crippen LogP contribution in [0.3, 0.4) is 0 Å². The number of hydrogen-bond acceptors (Lipinski definition) is 6. The summed E-state index contributed by atoms with van der Waals surface area (Å²) in [4.78, 5) is 7.03. The first-order valence-corrected chi connectivity index (χ1v) is 13.1. The zero-order valence-corrected chi connectivity index (χ0v) is 20.4. The maximum absolute atomic E-state index is 13.5. The minimum atomic E-state index is -3.99. The number of pyridine rings is 1. The summed E-state index contributed by atoms with van der Waals surface area (Å²) in [6, 6.07) is 14.3. The van der Waals surface area contributed by atoms with E-state index in [1.807, 2.05) is 37.3 Å². The maximum Gasteiger partial charge on any atom is 0.297 e. The van der Waals surface area contributed by atoms with Crippen molar-refractivity contribution in [3.8, 4) is 5.75 Å². The largest absolute Gasteiger partial charge is 0.497 e. The van der Waals surface area contributed by atoms with Crippen molar-refractivity contribution < 1.29 is 17.3 Å². The molecule has 6 nitrogen and oxygen atoms in total. The van der Waals surface area contributed by atoms with E-state index in [1.165, 1.54) is 0 Å². The molecule has 0 aliphatic carbocycles. The number of methoxy groups -OCH3 is 1. The fourth-order valence-electron chi connectivity index (χ4n) is 5.43. The molecule has 3 fully saturated rings. The average Bonchev–Trinajstić information content (AvgIpc) is 2.87. The molecule has 0 spiro atoms. The highest BCUT2D eigenvalue weighted by molar-refractivity contribution is 7.86. The molecule has 3 aliphatic rings. The molecule has 178 valence electrons. The molecular formula is C27H30N2O4S. The second-order valence-electron chi connectivity index (χ2n) is 9.31. The lowest BCUT2D eigenvalue weighted by molar-refractivity contribution is -0.0338. The Hall–Kier alpha value is -2.74. The Bertz CT molecular complexity index is 1310. The van der Waals surface area contributed by atoms with E-state index < -0.39 is 16.2 Å². The van der Waals surface area contributed by atoms with Crippen LogP contribution >= 0.6 is 0 Å². The third-order valence-electron chi connectivity index (χ3n) is 7.33. The Morgan fingerprint density at radius 3 is 2.65 bits per heavy atom. The number of aromatic nitrogens is 1. The fraction of sp³-hybridized carbons (Fsp3) is 0.370. The van der Waals surface area contributed by atoms with Crippen LogP contribution in [0.2, 0.25) is 0 Å². The van der Waals surface area contributed by atoms with Crippen LogP contribution in [0.4, 0.5) is 0 Å². The number of piperidine rings is 3. The van der Waals surface area contributed by atoms with Crippen molar-refractivity contribution in [3.63, 3.8) is 0 Å². The first-order chi connectivity index (χ1) is 16.4. The van der Waals surface area contributed by atoms with Gasteiger partial charge < -0.3 is 4.74 Å².